The van der Waals surface area contributed by atoms with Gasteiger partial charge < -0.3 is 4.57 Å². The van der Waals surface area contributed by atoms with Crippen molar-refractivity contribution in [1.29, 1.82) is 10.5 Å². The third kappa shape index (κ3) is 4.42. The Morgan fingerprint density at radius 2 is 0.857 bits per heavy atom. The predicted octanol–water partition coefficient (Wildman–Crippen LogP) is 11.8. The van der Waals surface area contributed by atoms with E-state index in [0.29, 0.717) is 11.1 Å². The second-order valence-electron chi connectivity index (χ2n) is 12.3. The summed E-state index contributed by atoms with van der Waals surface area (Å²) in [5.74, 6) is 0. The Balaban J connectivity index is 1.28. The molecule has 0 fully saturated rings. The number of rotatable bonds is 4. The van der Waals surface area contributed by atoms with Crippen LogP contribution >= 0.6 is 0 Å². The van der Waals surface area contributed by atoms with E-state index in [9.17, 15) is 10.5 Å². The van der Waals surface area contributed by atoms with Crippen molar-refractivity contribution in [1.82, 2.24) is 4.57 Å². The molecular formula is C46H27N3. The highest BCUT2D eigenvalue weighted by molar-refractivity contribution is 6.22. The van der Waals surface area contributed by atoms with Crippen LogP contribution in [0.5, 0.6) is 0 Å². The van der Waals surface area contributed by atoms with Crippen molar-refractivity contribution in [2.75, 3.05) is 0 Å². The largest absolute Gasteiger partial charge is 0.309 e. The summed E-state index contributed by atoms with van der Waals surface area (Å²) < 4.78 is 2.28. The third-order valence-electron chi connectivity index (χ3n) is 9.66. The third-order valence-corrected chi connectivity index (χ3v) is 9.66. The van der Waals surface area contributed by atoms with Crippen LogP contribution in [-0.4, -0.2) is 4.57 Å². The van der Waals surface area contributed by atoms with E-state index in [4.69, 9.17) is 0 Å². The van der Waals surface area contributed by atoms with E-state index in [1.165, 1.54) is 10.8 Å². The summed E-state index contributed by atoms with van der Waals surface area (Å²) in [6, 6.07) is 61.2. The standard InChI is InChI=1S/C46H27N3/c47-28-30-26-40(31-22-24-33(25-23-31)49-43-20-10-8-14-34(43)35-15-9-11-21-44(35)49)42(29-48)41(27-30)46-38-18-6-4-16-36(38)45(32-12-2-1-3-13-32)37-17-5-7-19-39(37)46/h1-27H. The van der Waals surface area contributed by atoms with E-state index in [2.05, 4.69) is 150 Å². The number of benzene rings is 8. The van der Waals surface area contributed by atoms with Crippen molar-refractivity contribution in [2.45, 2.75) is 0 Å². The highest BCUT2D eigenvalue weighted by Gasteiger charge is 2.21. The molecule has 0 spiro atoms. The van der Waals surface area contributed by atoms with Crippen molar-refractivity contribution in [2.24, 2.45) is 0 Å². The van der Waals surface area contributed by atoms with Gasteiger partial charge in [-0.3, -0.25) is 0 Å². The zero-order chi connectivity index (χ0) is 32.9. The van der Waals surface area contributed by atoms with Crippen molar-refractivity contribution >= 4 is 43.4 Å². The lowest BCUT2D eigenvalue weighted by Crippen LogP contribution is -1.97. The number of nitriles is 2. The summed E-state index contributed by atoms with van der Waals surface area (Å²) in [5.41, 5.74) is 10.0. The smallest absolute Gasteiger partial charge is 0.100 e. The minimum absolute atomic E-state index is 0.510. The molecule has 1 heterocycles. The molecule has 8 aromatic carbocycles. The van der Waals surface area contributed by atoms with Crippen LogP contribution in [-0.2, 0) is 0 Å². The molecule has 0 amide bonds. The Labute approximate surface area is 283 Å². The molecule has 0 bridgehead atoms. The second-order valence-corrected chi connectivity index (χ2v) is 12.3. The lowest BCUT2D eigenvalue weighted by Gasteiger charge is -2.19. The number of hydrogen-bond donors (Lipinski definition) is 0. The molecule has 3 heteroatoms. The molecule has 226 valence electrons. The molecule has 9 rings (SSSR count). The number of fused-ring (bicyclic) bond motifs is 5. The first-order chi connectivity index (χ1) is 24.2. The van der Waals surface area contributed by atoms with Crippen LogP contribution in [0.3, 0.4) is 0 Å². The first-order valence-electron chi connectivity index (χ1n) is 16.3. The lowest BCUT2D eigenvalue weighted by molar-refractivity contribution is 1.18. The maximum Gasteiger partial charge on any atom is 0.100 e. The zero-order valence-corrected chi connectivity index (χ0v) is 26.4. The Hall–Kier alpha value is -6.94. The van der Waals surface area contributed by atoms with Crippen LogP contribution in [0.1, 0.15) is 11.1 Å². The van der Waals surface area contributed by atoms with Crippen molar-refractivity contribution in [3.63, 3.8) is 0 Å². The minimum atomic E-state index is 0.510. The highest BCUT2D eigenvalue weighted by Crippen LogP contribution is 2.46. The maximum atomic E-state index is 10.9. The van der Waals surface area contributed by atoms with E-state index < -0.39 is 0 Å². The molecule has 0 radical (unpaired) electrons. The molecule has 0 aliphatic heterocycles. The summed E-state index contributed by atoms with van der Waals surface area (Å²) >= 11 is 0. The van der Waals surface area contributed by atoms with E-state index in [1.807, 2.05) is 30.3 Å². The molecular weight excluding hydrogens is 595 g/mol. The van der Waals surface area contributed by atoms with Gasteiger partial charge in [0.1, 0.15) is 6.07 Å². The van der Waals surface area contributed by atoms with Gasteiger partial charge in [-0.15, -0.1) is 0 Å². The van der Waals surface area contributed by atoms with E-state index in [1.54, 1.807) is 0 Å². The fourth-order valence-corrected chi connectivity index (χ4v) is 7.58. The van der Waals surface area contributed by atoms with E-state index >= 15 is 0 Å². The lowest BCUT2D eigenvalue weighted by atomic mass is 9.83. The van der Waals surface area contributed by atoms with Gasteiger partial charge in [0, 0.05) is 27.6 Å². The molecule has 0 saturated carbocycles. The number of aromatic nitrogens is 1. The molecule has 0 aliphatic rings. The van der Waals surface area contributed by atoms with Crippen LogP contribution in [0.4, 0.5) is 0 Å². The molecule has 1 aromatic heterocycles. The maximum absolute atomic E-state index is 10.9. The van der Waals surface area contributed by atoms with Gasteiger partial charge in [-0.05, 0) is 80.2 Å². The van der Waals surface area contributed by atoms with Gasteiger partial charge in [0.05, 0.1) is 28.2 Å². The average Bonchev–Trinajstić information content (AvgIpc) is 3.51. The topological polar surface area (TPSA) is 52.5 Å². The quantitative estimate of drug-likeness (QED) is 0.184. The molecule has 0 atom stereocenters. The number of para-hydroxylation sites is 2. The van der Waals surface area contributed by atoms with Crippen LogP contribution in [0.2, 0.25) is 0 Å². The monoisotopic (exact) mass is 621 g/mol. The normalized spacial score (nSPS) is 11.2. The molecule has 0 N–H and O–H groups in total. The molecule has 49 heavy (non-hydrogen) atoms. The van der Waals surface area contributed by atoms with Crippen molar-refractivity contribution < 1.29 is 0 Å². The fourth-order valence-electron chi connectivity index (χ4n) is 7.58. The summed E-state index contributed by atoms with van der Waals surface area (Å²) in [5, 5.41) is 27.9. The zero-order valence-electron chi connectivity index (χ0n) is 26.4. The first kappa shape index (κ1) is 28.3. The Kier molecular flexibility index (Phi) is 6.58. The average molecular weight is 622 g/mol. The Bertz CT molecular complexity index is 2720. The van der Waals surface area contributed by atoms with Gasteiger partial charge in [-0.25, -0.2) is 0 Å². The van der Waals surface area contributed by atoms with Crippen LogP contribution in [0.15, 0.2) is 164 Å². The van der Waals surface area contributed by atoms with E-state index in [0.717, 1.165) is 71.6 Å². The molecule has 0 saturated heterocycles. The van der Waals surface area contributed by atoms with E-state index in [-0.39, 0.29) is 0 Å². The predicted molar refractivity (Wildman–Crippen MR) is 202 cm³/mol. The summed E-state index contributed by atoms with van der Waals surface area (Å²) in [7, 11) is 0. The Morgan fingerprint density at radius 1 is 0.388 bits per heavy atom. The van der Waals surface area contributed by atoms with Gasteiger partial charge in [-0.1, -0.05) is 127 Å². The van der Waals surface area contributed by atoms with Gasteiger partial charge >= 0.3 is 0 Å². The molecule has 9 aromatic rings. The van der Waals surface area contributed by atoms with Crippen LogP contribution in [0.25, 0.3) is 82.4 Å². The van der Waals surface area contributed by atoms with Gasteiger partial charge in [0.2, 0.25) is 0 Å². The van der Waals surface area contributed by atoms with Crippen molar-refractivity contribution in [3.05, 3.63) is 175 Å². The first-order valence-corrected chi connectivity index (χ1v) is 16.3. The number of nitrogens with zero attached hydrogens (tertiary/aromatic N) is 3. The van der Waals surface area contributed by atoms with Gasteiger partial charge in [-0.2, -0.15) is 10.5 Å². The van der Waals surface area contributed by atoms with Gasteiger partial charge in [0.25, 0.3) is 0 Å². The number of hydrogen-bond acceptors (Lipinski definition) is 2. The molecule has 0 unspecified atom stereocenters. The van der Waals surface area contributed by atoms with Crippen molar-refractivity contribution in [3.8, 4) is 51.2 Å². The second kappa shape index (κ2) is 11.4. The summed E-state index contributed by atoms with van der Waals surface area (Å²) in [6.07, 6.45) is 0. The van der Waals surface area contributed by atoms with Gasteiger partial charge in [0.15, 0.2) is 0 Å². The fraction of sp³-hybridized carbons (Fsp3) is 0. The molecule has 0 aliphatic carbocycles. The van der Waals surface area contributed by atoms with Crippen LogP contribution < -0.4 is 0 Å². The SMILES string of the molecule is N#Cc1cc(-c2ccc(-n3c4ccccc4c4ccccc43)cc2)c(C#N)c(-c2c3ccccc3c(-c3ccccc3)c3ccccc23)c1. The Morgan fingerprint density at radius 3 is 1.39 bits per heavy atom. The summed E-state index contributed by atoms with van der Waals surface area (Å²) in [4.78, 5) is 0. The minimum Gasteiger partial charge on any atom is -0.309 e. The molecule has 3 nitrogen and oxygen atoms in total. The highest BCUT2D eigenvalue weighted by atomic mass is 15.0. The summed E-state index contributed by atoms with van der Waals surface area (Å²) in [6.45, 7) is 0. The van der Waals surface area contributed by atoms with Crippen LogP contribution in [0, 0.1) is 22.7 Å².